The van der Waals surface area contributed by atoms with E-state index < -0.39 is 0 Å². The van der Waals surface area contributed by atoms with Crippen molar-refractivity contribution in [1.29, 1.82) is 0 Å². The first-order chi connectivity index (χ1) is 14.7. The van der Waals surface area contributed by atoms with Crippen molar-refractivity contribution in [1.82, 2.24) is 29.3 Å². The molecule has 0 amide bonds. The van der Waals surface area contributed by atoms with Gasteiger partial charge in [-0.1, -0.05) is 13.0 Å². The molecule has 1 N–H and O–H groups in total. The Balaban J connectivity index is 0.00000272. The topological polar surface area (TPSA) is 63.3 Å². The maximum Gasteiger partial charge on any atom is 0.194 e. The second kappa shape index (κ2) is 10.7. The molecule has 0 aliphatic carbocycles. The van der Waals surface area contributed by atoms with Crippen LogP contribution in [0.15, 0.2) is 60.6 Å². The molecule has 3 heterocycles. The van der Waals surface area contributed by atoms with Crippen LogP contribution in [-0.2, 0) is 6.54 Å². The third kappa shape index (κ3) is 5.44. The van der Waals surface area contributed by atoms with Crippen LogP contribution in [0.3, 0.4) is 0 Å². The number of guanidine groups is 1. The Hall–Kier alpha value is -2.43. The third-order valence-corrected chi connectivity index (χ3v) is 5.67. The molecule has 1 aromatic carbocycles. The number of benzene rings is 1. The summed E-state index contributed by atoms with van der Waals surface area (Å²) < 4.78 is 18.4. The number of aliphatic imine (C=N–C) groups is 1. The summed E-state index contributed by atoms with van der Waals surface area (Å²) in [6.07, 6.45) is 11.8. The molecule has 2 atom stereocenters. The van der Waals surface area contributed by atoms with E-state index in [2.05, 4.69) is 38.6 Å². The molecule has 3 aromatic rings. The van der Waals surface area contributed by atoms with Crippen molar-refractivity contribution >= 4 is 29.9 Å². The number of hydrogen-bond acceptors (Lipinski definition) is 3. The van der Waals surface area contributed by atoms with Crippen LogP contribution in [0, 0.1) is 11.7 Å². The average Bonchev–Trinajstić information content (AvgIpc) is 3.46. The van der Waals surface area contributed by atoms with Gasteiger partial charge in [0, 0.05) is 44.4 Å². The minimum Gasteiger partial charge on any atom is -0.357 e. The smallest absolute Gasteiger partial charge is 0.194 e. The number of likely N-dealkylation sites (tertiary alicyclic amines) is 1. The quantitative estimate of drug-likeness (QED) is 0.305. The molecule has 1 aliphatic rings. The number of piperidine rings is 1. The summed E-state index contributed by atoms with van der Waals surface area (Å²) in [5.41, 5.74) is 1.32. The molecule has 1 aliphatic heterocycles. The van der Waals surface area contributed by atoms with Crippen molar-refractivity contribution in [3.63, 3.8) is 0 Å². The van der Waals surface area contributed by atoms with E-state index in [-0.39, 0.29) is 29.8 Å². The van der Waals surface area contributed by atoms with Crippen LogP contribution >= 0.6 is 24.0 Å². The molecule has 1 saturated heterocycles. The van der Waals surface area contributed by atoms with Gasteiger partial charge in [-0.3, -0.25) is 0 Å². The zero-order valence-electron chi connectivity index (χ0n) is 17.9. The molecular formula is C22H29FIN7. The van der Waals surface area contributed by atoms with Crippen LogP contribution in [0.1, 0.15) is 31.9 Å². The summed E-state index contributed by atoms with van der Waals surface area (Å²) in [5, 5.41) is 3.40. The Morgan fingerprint density at radius 2 is 2.03 bits per heavy atom. The Labute approximate surface area is 199 Å². The van der Waals surface area contributed by atoms with Crippen molar-refractivity contribution in [2.24, 2.45) is 10.9 Å². The van der Waals surface area contributed by atoms with Crippen molar-refractivity contribution in [3.8, 4) is 5.69 Å². The average molecular weight is 537 g/mol. The number of nitrogens with one attached hydrogen (secondary N) is 1. The lowest BCUT2D eigenvalue weighted by Crippen LogP contribution is -2.49. The van der Waals surface area contributed by atoms with Crippen LogP contribution in [-0.4, -0.2) is 49.6 Å². The van der Waals surface area contributed by atoms with Gasteiger partial charge < -0.3 is 19.4 Å². The number of nitrogens with zero attached hydrogens (tertiary/aromatic N) is 6. The summed E-state index contributed by atoms with van der Waals surface area (Å²) in [7, 11) is 0. The van der Waals surface area contributed by atoms with Crippen LogP contribution in [0.25, 0.3) is 5.69 Å². The van der Waals surface area contributed by atoms with E-state index in [0.717, 1.165) is 37.6 Å². The highest BCUT2D eigenvalue weighted by Crippen LogP contribution is 2.27. The predicted molar refractivity (Wildman–Crippen MR) is 130 cm³/mol. The highest BCUT2D eigenvalue weighted by Gasteiger charge is 2.28. The second-order valence-corrected chi connectivity index (χ2v) is 7.72. The fraction of sp³-hybridized carbons (Fsp3) is 0.409. The zero-order valence-corrected chi connectivity index (χ0v) is 20.2. The first-order valence-electron chi connectivity index (χ1n) is 10.4. The van der Waals surface area contributed by atoms with Gasteiger partial charge in [-0.25, -0.2) is 19.4 Å². The number of aromatic nitrogens is 4. The summed E-state index contributed by atoms with van der Waals surface area (Å²) >= 11 is 0. The first-order valence-corrected chi connectivity index (χ1v) is 10.4. The van der Waals surface area contributed by atoms with Crippen molar-refractivity contribution in [3.05, 3.63) is 67.0 Å². The van der Waals surface area contributed by atoms with Gasteiger partial charge in [0.1, 0.15) is 5.82 Å². The molecule has 2 unspecified atom stereocenters. The van der Waals surface area contributed by atoms with Gasteiger partial charge in [0.25, 0.3) is 0 Å². The van der Waals surface area contributed by atoms with E-state index in [1.807, 2.05) is 24.8 Å². The number of halogens is 2. The maximum atomic E-state index is 14.6. The molecule has 0 saturated carbocycles. The highest BCUT2D eigenvalue weighted by molar-refractivity contribution is 14.0. The number of hydrogen-bond donors (Lipinski definition) is 1. The number of rotatable bonds is 5. The molecule has 31 heavy (non-hydrogen) atoms. The summed E-state index contributed by atoms with van der Waals surface area (Å²) in [6, 6.07) is 5.59. The Morgan fingerprint density at radius 1 is 1.23 bits per heavy atom. The molecule has 9 heteroatoms. The maximum absolute atomic E-state index is 14.6. The molecule has 166 valence electrons. The Kier molecular flexibility index (Phi) is 8.05. The summed E-state index contributed by atoms with van der Waals surface area (Å²) in [6.45, 7) is 7.38. The minimum absolute atomic E-state index is 0. The molecule has 0 radical (unpaired) electrons. The lowest BCUT2D eigenvalue weighted by atomic mass is 9.93. The number of imidazole rings is 2. The van der Waals surface area contributed by atoms with Gasteiger partial charge in [-0.15, -0.1) is 24.0 Å². The summed E-state index contributed by atoms with van der Waals surface area (Å²) in [4.78, 5) is 15.3. The molecule has 4 rings (SSSR count). The van der Waals surface area contributed by atoms with Crippen LogP contribution < -0.4 is 5.32 Å². The van der Waals surface area contributed by atoms with E-state index in [1.165, 1.54) is 0 Å². The van der Waals surface area contributed by atoms with Crippen LogP contribution in [0.2, 0.25) is 0 Å². The molecule has 2 aromatic heterocycles. The van der Waals surface area contributed by atoms with Crippen molar-refractivity contribution in [2.75, 3.05) is 19.6 Å². The van der Waals surface area contributed by atoms with Gasteiger partial charge in [-0.2, -0.15) is 0 Å². The van der Waals surface area contributed by atoms with Crippen molar-refractivity contribution < 1.29 is 4.39 Å². The fourth-order valence-electron chi connectivity index (χ4n) is 3.95. The first kappa shape index (κ1) is 23.2. The summed E-state index contributed by atoms with van der Waals surface area (Å²) in [5.74, 6) is 1.16. The monoisotopic (exact) mass is 537 g/mol. The Morgan fingerprint density at radius 3 is 2.71 bits per heavy atom. The predicted octanol–water partition coefficient (Wildman–Crippen LogP) is 3.87. The molecule has 7 nitrogen and oxygen atoms in total. The van der Waals surface area contributed by atoms with E-state index in [4.69, 9.17) is 4.99 Å². The van der Waals surface area contributed by atoms with Gasteiger partial charge in [0.2, 0.25) is 0 Å². The Bertz CT molecular complexity index is 972. The SMILES string of the molecule is CCNC(=NCc1ccc(-n2ccnc2)c(F)c1)N1CCC(C)C(n2ccnc2)C1.I. The third-order valence-electron chi connectivity index (χ3n) is 5.67. The van der Waals surface area contributed by atoms with E-state index >= 15 is 0 Å². The standard InChI is InChI=1S/C22H28FN7.HI/c1-3-26-22(28-9-6-17(2)21(14-28)30-11-8-25-16-30)27-13-18-4-5-20(19(23)12-18)29-10-7-24-15-29;/h4-5,7-8,10-12,15-17,21H,3,6,9,13-14H2,1-2H3,(H,26,27);1H. The van der Waals surface area contributed by atoms with E-state index in [0.29, 0.717) is 24.2 Å². The van der Waals surface area contributed by atoms with Gasteiger partial charge in [-0.05, 0) is 37.0 Å². The zero-order chi connectivity index (χ0) is 20.9. The van der Waals surface area contributed by atoms with Crippen molar-refractivity contribution in [2.45, 2.75) is 32.9 Å². The second-order valence-electron chi connectivity index (χ2n) is 7.72. The van der Waals surface area contributed by atoms with Gasteiger partial charge in [0.15, 0.2) is 5.96 Å². The highest BCUT2D eigenvalue weighted by atomic mass is 127. The van der Waals surface area contributed by atoms with Gasteiger partial charge in [0.05, 0.1) is 30.9 Å². The lowest BCUT2D eigenvalue weighted by Gasteiger charge is -2.39. The molecular weight excluding hydrogens is 508 g/mol. The largest absolute Gasteiger partial charge is 0.357 e. The molecule has 0 bridgehead atoms. The fourth-order valence-corrected chi connectivity index (χ4v) is 3.95. The molecule has 1 fully saturated rings. The minimum atomic E-state index is -0.280. The van der Waals surface area contributed by atoms with Crippen LogP contribution in [0.4, 0.5) is 4.39 Å². The normalized spacial score (nSPS) is 19.2. The van der Waals surface area contributed by atoms with E-state index in [1.54, 1.807) is 35.4 Å². The molecule has 0 spiro atoms. The van der Waals surface area contributed by atoms with Crippen LogP contribution in [0.5, 0.6) is 0 Å². The lowest BCUT2D eigenvalue weighted by molar-refractivity contribution is 0.189. The van der Waals surface area contributed by atoms with E-state index in [9.17, 15) is 4.39 Å². The van der Waals surface area contributed by atoms with Gasteiger partial charge >= 0.3 is 0 Å².